The normalized spacial score (nSPS) is 17.3. The highest BCUT2D eigenvalue weighted by Crippen LogP contribution is 2.45. The minimum absolute atomic E-state index is 0.212. The van der Waals surface area contributed by atoms with Crippen LogP contribution in [0.15, 0.2) is 48.5 Å². The van der Waals surface area contributed by atoms with E-state index in [0.717, 1.165) is 47.1 Å². The van der Waals surface area contributed by atoms with Crippen molar-refractivity contribution in [3.8, 4) is 22.6 Å². The summed E-state index contributed by atoms with van der Waals surface area (Å²) in [6, 6.07) is 15.1. The second-order valence-electron chi connectivity index (χ2n) is 9.64. The molecule has 198 valence electrons. The molecule has 1 fully saturated rings. The van der Waals surface area contributed by atoms with Crippen molar-refractivity contribution in [3.05, 3.63) is 75.3 Å². The molecule has 38 heavy (non-hydrogen) atoms. The molecule has 0 saturated heterocycles. The molecule has 0 bridgehead atoms. The van der Waals surface area contributed by atoms with Crippen molar-refractivity contribution in [2.24, 2.45) is 0 Å². The number of nitrogens with one attached hydrogen (secondary N) is 2. The molecule has 2 aliphatic rings. The summed E-state index contributed by atoms with van der Waals surface area (Å²) in [6.07, 6.45) is 4.06. The number of carbonyl (C=O) groups excluding carboxylic acids is 1. The Hall–Kier alpha value is -3.26. The number of halogens is 2. The highest BCUT2D eigenvalue weighted by atomic mass is 35.5. The monoisotopic (exact) mass is 554 g/mol. The molecule has 7 nitrogen and oxygen atoms in total. The van der Waals surface area contributed by atoms with Crippen LogP contribution < -0.4 is 20.1 Å². The lowest BCUT2D eigenvalue weighted by Gasteiger charge is -2.38. The standard InChI is InChI=1S/C29H28Cl2N2O5/c1-37-25-14-26(22(30)13-17(25)15-33-29(28(35)36)11-4-12-29)38-24-10-9-19-18(5-2-6-20(19)24)21-7-3-8-23(27(21)31)32-16-34/h2-3,5-8,13-14,16,24,33H,4,9-12,15H2,1H3,(H,32,34)(H,35,36). The van der Waals surface area contributed by atoms with Crippen LogP contribution in [0.3, 0.4) is 0 Å². The highest BCUT2D eigenvalue weighted by Gasteiger charge is 2.44. The number of hydrogen-bond donors (Lipinski definition) is 3. The average molecular weight is 555 g/mol. The number of methoxy groups -OCH3 is 1. The first-order chi connectivity index (χ1) is 18.4. The Bertz CT molecular complexity index is 1390. The van der Waals surface area contributed by atoms with Crippen molar-refractivity contribution >= 4 is 41.3 Å². The lowest BCUT2D eigenvalue weighted by molar-refractivity contribution is -0.148. The molecule has 0 radical (unpaired) electrons. The van der Waals surface area contributed by atoms with Gasteiger partial charge in [0.15, 0.2) is 0 Å². The Kier molecular flexibility index (Phi) is 7.52. The van der Waals surface area contributed by atoms with Crippen molar-refractivity contribution in [3.63, 3.8) is 0 Å². The molecular formula is C29H28Cl2N2O5. The topological polar surface area (TPSA) is 96.9 Å². The van der Waals surface area contributed by atoms with Gasteiger partial charge in [0.2, 0.25) is 6.41 Å². The molecule has 0 aromatic heterocycles. The maximum atomic E-state index is 11.7. The summed E-state index contributed by atoms with van der Waals surface area (Å²) in [6.45, 7) is 0.323. The Morgan fingerprint density at radius 2 is 1.89 bits per heavy atom. The summed E-state index contributed by atoms with van der Waals surface area (Å²) in [5.74, 6) is 0.249. The third-order valence-electron chi connectivity index (χ3n) is 7.56. The van der Waals surface area contributed by atoms with Gasteiger partial charge >= 0.3 is 5.97 Å². The first-order valence-corrected chi connectivity index (χ1v) is 13.2. The minimum Gasteiger partial charge on any atom is -0.496 e. The smallest absolute Gasteiger partial charge is 0.323 e. The van der Waals surface area contributed by atoms with Gasteiger partial charge < -0.3 is 19.9 Å². The van der Waals surface area contributed by atoms with Crippen molar-refractivity contribution in [2.45, 2.75) is 50.3 Å². The van der Waals surface area contributed by atoms with E-state index in [1.54, 1.807) is 25.3 Å². The molecule has 1 atom stereocenters. The summed E-state index contributed by atoms with van der Waals surface area (Å²) < 4.78 is 12.0. The quantitative estimate of drug-likeness (QED) is 0.251. The fourth-order valence-corrected chi connectivity index (χ4v) is 5.83. The second kappa shape index (κ2) is 10.8. The fraction of sp³-hybridized carbons (Fsp3) is 0.310. The van der Waals surface area contributed by atoms with Crippen LogP contribution in [0.25, 0.3) is 11.1 Å². The summed E-state index contributed by atoms with van der Waals surface area (Å²) >= 11 is 13.3. The van der Waals surface area contributed by atoms with Crippen molar-refractivity contribution in [2.75, 3.05) is 12.4 Å². The number of hydrogen-bond acceptors (Lipinski definition) is 5. The van der Waals surface area contributed by atoms with E-state index < -0.39 is 11.5 Å². The maximum Gasteiger partial charge on any atom is 0.323 e. The van der Waals surface area contributed by atoms with E-state index in [-0.39, 0.29) is 6.10 Å². The molecule has 3 N–H and O–H groups in total. The van der Waals surface area contributed by atoms with Crippen molar-refractivity contribution in [1.82, 2.24) is 5.32 Å². The third kappa shape index (κ3) is 4.82. The van der Waals surface area contributed by atoms with E-state index in [1.807, 2.05) is 30.3 Å². The van der Waals surface area contributed by atoms with Crippen LogP contribution >= 0.6 is 23.2 Å². The maximum absolute atomic E-state index is 11.7. The van der Waals surface area contributed by atoms with Crippen LogP contribution in [0.1, 0.15) is 48.5 Å². The Labute approximate surface area is 231 Å². The molecule has 0 heterocycles. The Balaban J connectivity index is 1.39. The molecule has 0 spiro atoms. The molecule has 2 aliphatic carbocycles. The summed E-state index contributed by atoms with van der Waals surface area (Å²) in [5, 5.41) is 16.4. The first kappa shape index (κ1) is 26.4. The molecule has 3 aromatic rings. The number of amides is 1. The second-order valence-corrected chi connectivity index (χ2v) is 10.4. The number of aliphatic carboxylic acids is 1. The van der Waals surface area contributed by atoms with Crippen molar-refractivity contribution < 1.29 is 24.2 Å². The summed E-state index contributed by atoms with van der Waals surface area (Å²) in [7, 11) is 1.57. The zero-order valence-corrected chi connectivity index (χ0v) is 22.4. The van der Waals surface area contributed by atoms with E-state index in [2.05, 4.69) is 10.6 Å². The van der Waals surface area contributed by atoms with Gasteiger partial charge in [-0.25, -0.2) is 0 Å². The van der Waals surface area contributed by atoms with Gasteiger partial charge in [-0.15, -0.1) is 0 Å². The number of rotatable bonds is 10. The molecule has 1 unspecified atom stereocenters. The van der Waals surface area contributed by atoms with Crippen LogP contribution in [0.4, 0.5) is 5.69 Å². The highest BCUT2D eigenvalue weighted by molar-refractivity contribution is 6.36. The zero-order valence-electron chi connectivity index (χ0n) is 20.9. The van der Waals surface area contributed by atoms with Gasteiger partial charge in [-0.3, -0.25) is 14.9 Å². The fourth-order valence-electron chi connectivity index (χ4n) is 5.31. The van der Waals surface area contributed by atoms with Crippen LogP contribution in [-0.4, -0.2) is 30.1 Å². The van der Waals surface area contributed by atoms with E-state index in [0.29, 0.717) is 53.0 Å². The molecule has 5 rings (SSSR count). The number of fused-ring (bicyclic) bond motifs is 1. The molecule has 9 heteroatoms. The van der Waals surface area contributed by atoms with Gasteiger partial charge in [-0.2, -0.15) is 0 Å². The van der Waals surface area contributed by atoms with Crippen LogP contribution in [0, 0.1) is 0 Å². The van der Waals surface area contributed by atoms with E-state index >= 15 is 0 Å². The number of benzene rings is 3. The van der Waals surface area contributed by atoms with Gasteiger partial charge in [0, 0.05) is 23.7 Å². The molecule has 1 saturated carbocycles. The van der Waals surface area contributed by atoms with Crippen LogP contribution in [0.2, 0.25) is 10.0 Å². The zero-order chi connectivity index (χ0) is 26.9. The van der Waals surface area contributed by atoms with Gasteiger partial charge in [-0.05, 0) is 60.9 Å². The van der Waals surface area contributed by atoms with Crippen molar-refractivity contribution in [1.29, 1.82) is 0 Å². The Morgan fingerprint density at radius 1 is 1.13 bits per heavy atom. The third-order valence-corrected chi connectivity index (χ3v) is 8.26. The van der Waals surface area contributed by atoms with E-state index in [4.69, 9.17) is 32.7 Å². The number of carbonyl (C=O) groups is 2. The Morgan fingerprint density at radius 3 is 2.58 bits per heavy atom. The predicted molar refractivity (Wildman–Crippen MR) is 147 cm³/mol. The number of carboxylic acid groups (broad SMARTS) is 1. The molecular weight excluding hydrogens is 527 g/mol. The van der Waals surface area contributed by atoms with Gasteiger partial charge in [0.1, 0.15) is 23.1 Å². The summed E-state index contributed by atoms with van der Waals surface area (Å²) in [4.78, 5) is 22.7. The summed E-state index contributed by atoms with van der Waals surface area (Å²) in [5.41, 5.74) is 4.49. The van der Waals surface area contributed by atoms with Crippen LogP contribution in [0.5, 0.6) is 11.5 Å². The molecule has 3 aromatic carbocycles. The van der Waals surface area contributed by atoms with Gasteiger partial charge in [0.05, 0.1) is 22.8 Å². The van der Waals surface area contributed by atoms with E-state index in [1.165, 1.54) is 0 Å². The predicted octanol–water partition coefficient (Wildman–Crippen LogP) is 6.40. The average Bonchev–Trinajstić information content (AvgIpc) is 3.29. The SMILES string of the molecule is COc1cc(OC2CCc3c(-c4cccc(NC=O)c4Cl)cccc32)c(Cl)cc1CNC1(C(=O)O)CCC1. The number of carboxylic acids is 1. The first-order valence-electron chi connectivity index (χ1n) is 12.5. The van der Waals surface area contributed by atoms with Gasteiger partial charge in [-0.1, -0.05) is 53.5 Å². The van der Waals surface area contributed by atoms with E-state index in [9.17, 15) is 14.7 Å². The van der Waals surface area contributed by atoms with Gasteiger partial charge in [0.25, 0.3) is 0 Å². The largest absolute Gasteiger partial charge is 0.496 e. The minimum atomic E-state index is -0.885. The lowest BCUT2D eigenvalue weighted by atomic mass is 9.76. The molecule has 0 aliphatic heterocycles. The van der Waals surface area contributed by atoms with Crippen LogP contribution in [-0.2, 0) is 22.6 Å². The lowest BCUT2D eigenvalue weighted by Crippen LogP contribution is -2.56. The molecule has 1 amide bonds. The number of ether oxygens (including phenoxy) is 2. The number of anilines is 1.